The normalized spacial score (nSPS) is 23.1. The third kappa shape index (κ3) is 7.25. The van der Waals surface area contributed by atoms with Gasteiger partial charge < -0.3 is 10.3 Å². The Labute approximate surface area is 205 Å². The first-order valence-corrected chi connectivity index (χ1v) is 11.6. The predicted octanol–water partition coefficient (Wildman–Crippen LogP) is 6.93. The lowest BCUT2D eigenvalue weighted by atomic mass is 9.95. The molecule has 0 fully saturated rings. The van der Waals surface area contributed by atoms with Crippen molar-refractivity contribution >= 4 is 23.2 Å². The summed E-state index contributed by atoms with van der Waals surface area (Å²) in [6.07, 6.45) is 6.75. The molecule has 0 bridgehead atoms. The first kappa shape index (κ1) is 26.1. The molecule has 7 heteroatoms. The molecule has 1 aromatic rings. The highest BCUT2D eigenvalue weighted by Gasteiger charge is 2.28. The van der Waals surface area contributed by atoms with Gasteiger partial charge in [0.15, 0.2) is 0 Å². The Morgan fingerprint density at radius 2 is 2.06 bits per heavy atom. The number of allylic oxidation sites excluding steroid dienone is 7. The molecule has 1 unspecified atom stereocenters. The zero-order valence-electron chi connectivity index (χ0n) is 20.4. The van der Waals surface area contributed by atoms with Gasteiger partial charge in [0, 0.05) is 44.2 Å². The maximum atomic E-state index is 13.0. The standard InChI is InChI=1S/C28H31F3N4/c1-5-20(18-35(3)4)21-9-8-10-22(16-21)26-12-7-6-11-24(23-15-19(2)33-17-23)27(34-26)25(32)13-14-28(29,30)31/h5-6,8-11,15-19,32H,1,7,12-14H2,2-4H3/b11-6-,20-18+,27-24+,32-25?,34-26+. The van der Waals surface area contributed by atoms with E-state index in [4.69, 9.17) is 10.4 Å². The average molecular weight is 481 g/mol. The van der Waals surface area contributed by atoms with Crippen molar-refractivity contribution in [1.29, 1.82) is 5.41 Å². The number of nitrogens with zero attached hydrogens (tertiary/aromatic N) is 3. The van der Waals surface area contributed by atoms with E-state index in [9.17, 15) is 13.2 Å². The van der Waals surface area contributed by atoms with Crippen molar-refractivity contribution in [1.82, 2.24) is 4.90 Å². The molecule has 1 atom stereocenters. The first-order chi connectivity index (χ1) is 16.6. The largest absolute Gasteiger partial charge is 0.389 e. The zero-order valence-corrected chi connectivity index (χ0v) is 20.4. The van der Waals surface area contributed by atoms with E-state index in [2.05, 4.69) is 11.6 Å². The average Bonchev–Trinajstić information content (AvgIpc) is 3.21. The van der Waals surface area contributed by atoms with E-state index in [1.807, 2.05) is 74.6 Å². The molecule has 1 aromatic carbocycles. The van der Waals surface area contributed by atoms with Gasteiger partial charge in [-0.2, -0.15) is 13.2 Å². The number of aliphatic imine (C=N–C) groups is 2. The molecular formula is C28H31F3N4. The van der Waals surface area contributed by atoms with E-state index >= 15 is 0 Å². The van der Waals surface area contributed by atoms with Crippen LogP contribution in [0, 0.1) is 5.41 Å². The summed E-state index contributed by atoms with van der Waals surface area (Å²) in [7, 11) is 3.87. The van der Waals surface area contributed by atoms with Crippen LogP contribution in [0.5, 0.6) is 0 Å². The third-order valence-electron chi connectivity index (χ3n) is 5.61. The summed E-state index contributed by atoms with van der Waals surface area (Å²) in [5.41, 5.74) is 5.06. The molecule has 2 heterocycles. The van der Waals surface area contributed by atoms with Crippen LogP contribution in [0.25, 0.3) is 5.57 Å². The lowest BCUT2D eigenvalue weighted by Gasteiger charge is -2.17. The molecule has 0 radical (unpaired) electrons. The van der Waals surface area contributed by atoms with Gasteiger partial charge in [-0.05, 0) is 54.5 Å². The molecular weight excluding hydrogens is 449 g/mol. The molecule has 0 saturated heterocycles. The highest BCUT2D eigenvalue weighted by atomic mass is 19.4. The highest BCUT2D eigenvalue weighted by Crippen LogP contribution is 2.29. The summed E-state index contributed by atoms with van der Waals surface area (Å²) in [4.78, 5) is 11.1. The van der Waals surface area contributed by atoms with Gasteiger partial charge in [-0.3, -0.25) is 9.98 Å². The summed E-state index contributed by atoms with van der Waals surface area (Å²) in [6.45, 7) is 5.85. The van der Waals surface area contributed by atoms with Crippen LogP contribution in [0.2, 0.25) is 0 Å². The molecule has 1 N–H and O–H groups in total. The zero-order chi connectivity index (χ0) is 25.6. The first-order valence-electron chi connectivity index (χ1n) is 11.6. The Kier molecular flexibility index (Phi) is 8.43. The summed E-state index contributed by atoms with van der Waals surface area (Å²) in [5, 5.41) is 8.55. The van der Waals surface area contributed by atoms with Gasteiger partial charge >= 0.3 is 6.18 Å². The van der Waals surface area contributed by atoms with Gasteiger partial charge in [0.25, 0.3) is 0 Å². The maximum absolute atomic E-state index is 13.0. The Morgan fingerprint density at radius 3 is 2.69 bits per heavy atom. The second-order valence-electron chi connectivity index (χ2n) is 8.83. The van der Waals surface area contributed by atoms with Crippen LogP contribution < -0.4 is 0 Å². The number of benzene rings is 1. The van der Waals surface area contributed by atoms with Crippen molar-refractivity contribution in [3.63, 3.8) is 0 Å². The second-order valence-corrected chi connectivity index (χ2v) is 8.83. The summed E-state index contributed by atoms with van der Waals surface area (Å²) < 4.78 is 38.9. The van der Waals surface area contributed by atoms with Crippen LogP contribution in [0.3, 0.4) is 0 Å². The van der Waals surface area contributed by atoms with Crippen LogP contribution in [0.15, 0.2) is 88.2 Å². The minimum atomic E-state index is -4.34. The fraction of sp³-hybridized carbons (Fsp3) is 0.321. The van der Waals surface area contributed by atoms with Crippen molar-refractivity contribution in [3.8, 4) is 0 Å². The number of nitrogens with one attached hydrogen (secondary N) is 1. The van der Waals surface area contributed by atoms with Crippen LogP contribution in [0.1, 0.15) is 43.7 Å². The van der Waals surface area contributed by atoms with Gasteiger partial charge in [-0.1, -0.05) is 49.1 Å². The Bertz CT molecular complexity index is 1160. The Hall–Kier alpha value is -3.48. The van der Waals surface area contributed by atoms with Crippen molar-refractivity contribution < 1.29 is 13.2 Å². The van der Waals surface area contributed by atoms with Crippen LogP contribution in [-0.4, -0.2) is 48.9 Å². The molecule has 0 amide bonds. The maximum Gasteiger partial charge on any atom is 0.389 e. The predicted molar refractivity (Wildman–Crippen MR) is 139 cm³/mol. The number of hydrogen-bond donors (Lipinski definition) is 1. The summed E-state index contributed by atoms with van der Waals surface area (Å²) in [5.74, 6) is 0. The van der Waals surface area contributed by atoms with Crippen molar-refractivity contribution in [2.45, 2.75) is 44.8 Å². The Morgan fingerprint density at radius 1 is 1.29 bits per heavy atom. The second kappa shape index (κ2) is 11.3. The number of alkyl halides is 3. The molecule has 0 spiro atoms. The van der Waals surface area contributed by atoms with E-state index in [-0.39, 0.29) is 17.5 Å². The smallest absolute Gasteiger partial charge is 0.383 e. The fourth-order valence-electron chi connectivity index (χ4n) is 3.91. The fourth-order valence-corrected chi connectivity index (χ4v) is 3.91. The van der Waals surface area contributed by atoms with E-state index in [0.29, 0.717) is 12.0 Å². The molecule has 2 aliphatic heterocycles. The lowest BCUT2D eigenvalue weighted by molar-refractivity contribution is -0.132. The van der Waals surface area contributed by atoms with Crippen LogP contribution in [-0.2, 0) is 0 Å². The third-order valence-corrected chi connectivity index (χ3v) is 5.61. The minimum Gasteiger partial charge on any atom is -0.383 e. The molecule has 0 aromatic heterocycles. The lowest BCUT2D eigenvalue weighted by Crippen LogP contribution is -2.14. The monoisotopic (exact) mass is 480 g/mol. The van der Waals surface area contributed by atoms with Gasteiger partial charge in [-0.25, -0.2) is 0 Å². The SMILES string of the molecule is C=C/C(=C\N(C)C)c1cccc(/C2=N/C(C(=N)CCC(F)(F)F)=C(C3=CC(C)N=C3)\C=C/CC2)c1. The van der Waals surface area contributed by atoms with E-state index < -0.39 is 19.0 Å². The molecule has 2 aliphatic rings. The molecule has 184 valence electrons. The molecule has 4 nitrogen and oxygen atoms in total. The van der Waals surface area contributed by atoms with Crippen molar-refractivity contribution in [2.24, 2.45) is 9.98 Å². The minimum absolute atomic E-state index is 0.0251. The van der Waals surface area contributed by atoms with Crippen LogP contribution in [0.4, 0.5) is 13.2 Å². The topological polar surface area (TPSA) is 51.8 Å². The number of hydrogen-bond acceptors (Lipinski definition) is 4. The number of rotatable bonds is 8. The van der Waals surface area contributed by atoms with Crippen LogP contribution >= 0.6 is 0 Å². The Balaban J connectivity index is 2.11. The number of halogens is 3. The van der Waals surface area contributed by atoms with Gasteiger partial charge in [0.1, 0.15) is 0 Å². The van der Waals surface area contributed by atoms with Gasteiger partial charge in [0.2, 0.25) is 0 Å². The molecule has 3 rings (SSSR count). The quantitative estimate of drug-likeness (QED) is 0.318. The highest BCUT2D eigenvalue weighted by molar-refractivity contribution is 6.08. The van der Waals surface area contributed by atoms with E-state index in [0.717, 1.165) is 34.4 Å². The van der Waals surface area contributed by atoms with Gasteiger partial charge in [0.05, 0.1) is 17.5 Å². The van der Waals surface area contributed by atoms with Crippen molar-refractivity contribution in [3.05, 3.63) is 89.3 Å². The molecule has 35 heavy (non-hydrogen) atoms. The molecule has 0 saturated carbocycles. The van der Waals surface area contributed by atoms with Crippen molar-refractivity contribution in [2.75, 3.05) is 14.1 Å². The van der Waals surface area contributed by atoms with E-state index in [1.54, 1.807) is 12.3 Å². The summed E-state index contributed by atoms with van der Waals surface area (Å²) in [6, 6.07) is 7.85. The van der Waals surface area contributed by atoms with Gasteiger partial charge in [-0.15, -0.1) is 0 Å². The van der Waals surface area contributed by atoms with E-state index in [1.165, 1.54) is 0 Å². The molecule has 0 aliphatic carbocycles. The summed E-state index contributed by atoms with van der Waals surface area (Å²) >= 11 is 0.